The monoisotopic (exact) mass is 373 g/mol. The maximum atomic E-state index is 12.8. The van der Waals surface area contributed by atoms with Crippen LogP contribution in [0.15, 0.2) is 28.9 Å². The molecule has 0 aromatic carbocycles. The van der Waals surface area contributed by atoms with Crippen molar-refractivity contribution in [3.8, 4) is 0 Å². The van der Waals surface area contributed by atoms with Crippen LogP contribution in [0.5, 0.6) is 0 Å². The summed E-state index contributed by atoms with van der Waals surface area (Å²) in [6.07, 6.45) is 1.62. The number of ether oxygens (including phenoxy) is 1. The zero-order chi connectivity index (χ0) is 18.1. The second-order valence-electron chi connectivity index (χ2n) is 6.69. The lowest BCUT2D eigenvalue weighted by Gasteiger charge is -2.26. The topological polar surface area (TPSA) is 61.7 Å². The van der Waals surface area contributed by atoms with Crippen LogP contribution in [0.1, 0.15) is 26.7 Å². The summed E-state index contributed by atoms with van der Waals surface area (Å²) in [5.41, 5.74) is 3.01. The lowest BCUT2D eigenvalue weighted by Crippen LogP contribution is -2.35. The normalized spacial score (nSPS) is 15.6. The van der Waals surface area contributed by atoms with Crippen LogP contribution in [0.3, 0.4) is 0 Å². The van der Waals surface area contributed by atoms with Gasteiger partial charge in [-0.05, 0) is 25.1 Å². The molecule has 0 bridgehead atoms. The number of thiophene rings is 1. The van der Waals surface area contributed by atoms with E-state index in [2.05, 4.69) is 16.8 Å². The number of aryl methyl sites for hydroxylation is 1. The van der Waals surface area contributed by atoms with Crippen molar-refractivity contribution in [3.63, 3.8) is 0 Å². The minimum Gasteiger partial charge on any atom is -0.467 e. The molecule has 0 unspecified atom stereocenters. The van der Waals surface area contributed by atoms with E-state index < -0.39 is 0 Å². The first-order chi connectivity index (χ1) is 12.6. The van der Waals surface area contributed by atoms with Crippen LogP contribution in [0.4, 0.5) is 0 Å². The number of nitrogens with one attached hydrogen (secondary N) is 1. The predicted molar refractivity (Wildman–Crippen MR) is 102 cm³/mol. The molecule has 138 valence electrons. The molecule has 1 amide bonds. The number of H-pyrrole nitrogens is 1. The first kappa shape index (κ1) is 17.3. The average Bonchev–Trinajstić information content (AvgIpc) is 3.34. The second kappa shape index (κ2) is 7.26. The SMILES string of the molecule is Cc1sc2cc(C(=O)N(C)Cc3ccco3)[nH]c2c1CN1CCOCC1. The highest BCUT2D eigenvalue weighted by Crippen LogP contribution is 2.32. The summed E-state index contributed by atoms with van der Waals surface area (Å²) in [5.74, 6) is 0.748. The van der Waals surface area contributed by atoms with Crippen molar-refractivity contribution in [1.29, 1.82) is 0 Å². The van der Waals surface area contributed by atoms with Gasteiger partial charge in [-0.2, -0.15) is 0 Å². The Morgan fingerprint density at radius 1 is 1.38 bits per heavy atom. The van der Waals surface area contributed by atoms with Gasteiger partial charge in [0.2, 0.25) is 0 Å². The van der Waals surface area contributed by atoms with E-state index in [-0.39, 0.29) is 5.91 Å². The summed E-state index contributed by atoms with van der Waals surface area (Å²) in [4.78, 5) is 21.5. The molecule has 3 aromatic rings. The van der Waals surface area contributed by atoms with Gasteiger partial charge in [-0.3, -0.25) is 9.69 Å². The number of hydrogen-bond donors (Lipinski definition) is 1. The highest BCUT2D eigenvalue weighted by atomic mass is 32.1. The highest BCUT2D eigenvalue weighted by molar-refractivity contribution is 7.19. The Balaban J connectivity index is 1.54. The van der Waals surface area contributed by atoms with Gasteiger partial charge >= 0.3 is 0 Å². The molecule has 7 heteroatoms. The van der Waals surface area contributed by atoms with Gasteiger partial charge in [0, 0.05) is 37.1 Å². The number of rotatable bonds is 5. The summed E-state index contributed by atoms with van der Waals surface area (Å²) in [5, 5.41) is 0. The number of aromatic amines is 1. The molecule has 1 N–H and O–H groups in total. The molecule has 4 rings (SSSR count). The van der Waals surface area contributed by atoms with Crippen molar-refractivity contribution in [3.05, 3.63) is 46.4 Å². The number of carbonyl (C=O) groups excluding carboxylic acids is 1. The third-order valence-electron chi connectivity index (χ3n) is 4.81. The van der Waals surface area contributed by atoms with E-state index >= 15 is 0 Å². The molecule has 0 radical (unpaired) electrons. The van der Waals surface area contributed by atoms with Crippen LogP contribution in [0, 0.1) is 6.92 Å². The van der Waals surface area contributed by atoms with Gasteiger partial charge in [0.25, 0.3) is 5.91 Å². The zero-order valence-corrected chi connectivity index (χ0v) is 15.9. The van der Waals surface area contributed by atoms with Crippen molar-refractivity contribution in [2.24, 2.45) is 0 Å². The van der Waals surface area contributed by atoms with Gasteiger partial charge in [-0.15, -0.1) is 11.3 Å². The molecule has 0 spiro atoms. The maximum Gasteiger partial charge on any atom is 0.270 e. The number of hydrogen-bond acceptors (Lipinski definition) is 5. The Kier molecular flexibility index (Phi) is 4.84. The van der Waals surface area contributed by atoms with Crippen molar-refractivity contribution >= 4 is 27.5 Å². The molecular weight excluding hydrogens is 350 g/mol. The van der Waals surface area contributed by atoms with E-state index in [0.29, 0.717) is 12.2 Å². The standard InChI is InChI=1S/C19H23N3O3S/c1-13-15(12-22-5-8-24-9-6-22)18-17(26-13)10-16(20-18)19(23)21(2)11-14-4-3-7-25-14/h3-4,7,10,20H,5-6,8-9,11-12H2,1-2H3. The van der Waals surface area contributed by atoms with Crippen LogP contribution in [0.2, 0.25) is 0 Å². The number of carbonyl (C=O) groups is 1. The minimum atomic E-state index is -0.0280. The quantitative estimate of drug-likeness (QED) is 0.746. The number of amides is 1. The summed E-state index contributed by atoms with van der Waals surface area (Å²) in [7, 11) is 1.79. The smallest absolute Gasteiger partial charge is 0.270 e. The fourth-order valence-corrected chi connectivity index (χ4v) is 4.42. The number of fused-ring (bicyclic) bond motifs is 1. The molecule has 1 aliphatic heterocycles. The zero-order valence-electron chi connectivity index (χ0n) is 15.1. The van der Waals surface area contributed by atoms with Gasteiger partial charge in [0.15, 0.2) is 0 Å². The molecule has 0 aliphatic carbocycles. The van der Waals surface area contributed by atoms with Crippen molar-refractivity contribution < 1.29 is 13.9 Å². The molecule has 0 saturated carbocycles. The number of morpholine rings is 1. The molecule has 6 nitrogen and oxygen atoms in total. The van der Waals surface area contributed by atoms with Crippen LogP contribution in [-0.2, 0) is 17.8 Å². The minimum absolute atomic E-state index is 0.0280. The van der Waals surface area contributed by atoms with E-state index in [1.165, 1.54) is 10.4 Å². The molecule has 1 saturated heterocycles. The second-order valence-corrected chi connectivity index (χ2v) is 7.94. The van der Waals surface area contributed by atoms with Crippen LogP contribution >= 0.6 is 11.3 Å². The molecule has 1 aliphatic rings. The fraction of sp³-hybridized carbons (Fsp3) is 0.421. The van der Waals surface area contributed by atoms with E-state index in [0.717, 1.165) is 48.8 Å². The van der Waals surface area contributed by atoms with Gasteiger partial charge in [0.05, 0.1) is 36.2 Å². The van der Waals surface area contributed by atoms with Crippen LogP contribution < -0.4 is 0 Å². The fourth-order valence-electron chi connectivity index (χ4n) is 3.35. The maximum absolute atomic E-state index is 12.8. The number of nitrogens with zero attached hydrogens (tertiary/aromatic N) is 2. The third-order valence-corrected chi connectivity index (χ3v) is 5.90. The highest BCUT2D eigenvalue weighted by Gasteiger charge is 2.21. The lowest BCUT2D eigenvalue weighted by atomic mass is 10.2. The third kappa shape index (κ3) is 3.42. The predicted octanol–water partition coefficient (Wildman–Crippen LogP) is 3.24. The van der Waals surface area contributed by atoms with Crippen molar-refractivity contribution in [2.45, 2.75) is 20.0 Å². The van der Waals surface area contributed by atoms with Gasteiger partial charge in [0.1, 0.15) is 11.5 Å². The average molecular weight is 373 g/mol. The Morgan fingerprint density at radius 3 is 2.92 bits per heavy atom. The Morgan fingerprint density at radius 2 is 2.19 bits per heavy atom. The van der Waals surface area contributed by atoms with Gasteiger partial charge < -0.3 is 19.0 Å². The summed E-state index contributed by atoms with van der Waals surface area (Å²) < 4.78 is 11.9. The number of furan rings is 1. The largest absolute Gasteiger partial charge is 0.467 e. The Bertz CT molecular complexity index is 891. The first-order valence-corrected chi connectivity index (χ1v) is 9.62. The van der Waals surface area contributed by atoms with Crippen LogP contribution in [-0.4, -0.2) is 54.0 Å². The lowest BCUT2D eigenvalue weighted by molar-refractivity contribution is 0.0343. The summed E-state index contributed by atoms with van der Waals surface area (Å²) in [6.45, 7) is 6.99. The first-order valence-electron chi connectivity index (χ1n) is 8.81. The molecule has 3 aromatic heterocycles. The number of aromatic nitrogens is 1. The van der Waals surface area contributed by atoms with Crippen molar-refractivity contribution in [2.75, 3.05) is 33.4 Å². The Hall–Kier alpha value is -2.09. The van der Waals surface area contributed by atoms with Gasteiger partial charge in [-0.1, -0.05) is 0 Å². The summed E-state index contributed by atoms with van der Waals surface area (Å²) in [6, 6.07) is 5.68. The van der Waals surface area contributed by atoms with E-state index in [9.17, 15) is 4.79 Å². The van der Waals surface area contributed by atoms with Crippen molar-refractivity contribution in [1.82, 2.24) is 14.8 Å². The van der Waals surface area contributed by atoms with E-state index in [1.54, 1.807) is 29.5 Å². The van der Waals surface area contributed by atoms with Gasteiger partial charge in [-0.25, -0.2) is 0 Å². The van der Waals surface area contributed by atoms with E-state index in [1.807, 2.05) is 18.2 Å². The Labute approximate surface area is 156 Å². The molecule has 1 fully saturated rings. The molecule has 4 heterocycles. The molecular formula is C19H23N3O3S. The van der Waals surface area contributed by atoms with Crippen LogP contribution in [0.25, 0.3) is 10.2 Å². The molecule has 0 atom stereocenters. The molecule has 26 heavy (non-hydrogen) atoms. The van der Waals surface area contributed by atoms with E-state index in [4.69, 9.17) is 9.15 Å². The summed E-state index contributed by atoms with van der Waals surface area (Å²) >= 11 is 1.74.